The zero-order valence-electron chi connectivity index (χ0n) is 12.6. The topological polar surface area (TPSA) is 80.6 Å². The second-order valence-electron chi connectivity index (χ2n) is 5.40. The number of ketones is 1. The first kappa shape index (κ1) is 17.2. The summed E-state index contributed by atoms with van der Waals surface area (Å²) in [6, 6.07) is 5.86. The van der Waals surface area contributed by atoms with Crippen LogP contribution in [0.1, 0.15) is 56.5 Å². The Morgan fingerprint density at radius 1 is 1.24 bits per heavy atom. The van der Waals surface area contributed by atoms with E-state index in [4.69, 9.17) is 12.6 Å². The van der Waals surface area contributed by atoms with E-state index in [1.807, 2.05) is 32.0 Å². The summed E-state index contributed by atoms with van der Waals surface area (Å²) in [5, 5.41) is 0. The van der Waals surface area contributed by atoms with Crippen molar-refractivity contribution in [3.63, 3.8) is 0 Å². The Bertz CT molecular complexity index is 681. The first-order chi connectivity index (χ1) is 9.71. The monoisotopic (exact) mass is 309 g/mol. The molecule has 0 N–H and O–H groups in total. The van der Waals surface area contributed by atoms with Gasteiger partial charge in [0.1, 0.15) is 0 Å². The van der Waals surface area contributed by atoms with Gasteiger partial charge in [0, 0.05) is 23.1 Å². The summed E-state index contributed by atoms with van der Waals surface area (Å²) >= 11 is 0. The van der Waals surface area contributed by atoms with Gasteiger partial charge in [-0.2, -0.15) is 0 Å². The molecule has 21 heavy (non-hydrogen) atoms. The third-order valence-corrected chi connectivity index (χ3v) is 3.64. The fourth-order valence-corrected chi connectivity index (χ4v) is 2.39. The number of carbonyl (C=O) groups excluding carboxylic acids is 1. The van der Waals surface area contributed by atoms with E-state index in [9.17, 15) is 4.79 Å². The maximum atomic E-state index is 12.1. The van der Waals surface area contributed by atoms with Crippen LogP contribution in [0.4, 0.5) is 5.69 Å². The average molecular weight is 309 g/mol. The molecular weight excluding hydrogens is 290 g/mol. The second-order valence-corrected chi connectivity index (χ2v) is 5.81. The molecule has 6 heteroatoms. The van der Waals surface area contributed by atoms with Gasteiger partial charge in [0.05, 0.1) is 5.69 Å². The Balaban J connectivity index is 0.000000491. The number of aliphatic imine (C=N–C) groups is 1. The molecule has 0 radical (unpaired) electrons. The summed E-state index contributed by atoms with van der Waals surface area (Å²) in [6.07, 6.45) is 1.51. The molecule has 0 saturated heterocycles. The molecule has 0 aromatic heterocycles. The fourth-order valence-electron chi connectivity index (χ4n) is 2.39. The van der Waals surface area contributed by atoms with Gasteiger partial charge in [0.2, 0.25) is 0 Å². The number of hydrogen-bond donors (Lipinski definition) is 0. The fraction of sp³-hybridized carbons (Fsp3) is 0.467. The van der Waals surface area contributed by atoms with E-state index in [1.165, 1.54) is 0 Å². The van der Waals surface area contributed by atoms with E-state index in [0.717, 1.165) is 28.9 Å². The third kappa shape index (κ3) is 3.85. The van der Waals surface area contributed by atoms with Crippen molar-refractivity contribution in [3.8, 4) is 0 Å². The molecule has 0 saturated carbocycles. The Hall–Kier alpha value is -1.82. The minimum atomic E-state index is -3.11. The van der Waals surface area contributed by atoms with Crippen LogP contribution in [0.25, 0.3) is 0 Å². The highest BCUT2D eigenvalue weighted by molar-refractivity contribution is 7.59. The van der Waals surface area contributed by atoms with Gasteiger partial charge in [-0.05, 0) is 25.0 Å². The molecule has 1 aliphatic rings. The van der Waals surface area contributed by atoms with Crippen LogP contribution in [0.15, 0.2) is 23.2 Å². The largest absolute Gasteiger partial charge is 0.425 e. The van der Waals surface area contributed by atoms with Crippen molar-refractivity contribution >= 4 is 27.8 Å². The van der Waals surface area contributed by atoms with Gasteiger partial charge in [-0.1, -0.05) is 32.9 Å². The highest BCUT2D eigenvalue weighted by atomic mass is 32.2. The Morgan fingerprint density at radius 2 is 1.81 bits per heavy atom. The first-order valence-corrected chi connectivity index (χ1v) is 7.71. The normalized spacial score (nSPS) is 14.6. The predicted octanol–water partition coefficient (Wildman–Crippen LogP) is 3.05. The summed E-state index contributed by atoms with van der Waals surface area (Å²) < 4.78 is 25.3. The van der Waals surface area contributed by atoms with Crippen molar-refractivity contribution in [1.82, 2.24) is 0 Å². The summed E-state index contributed by atoms with van der Waals surface area (Å²) in [4.78, 5) is 16.7. The molecule has 0 atom stereocenters. The molecule has 0 unspecified atom stereocenters. The maximum absolute atomic E-state index is 12.1. The van der Waals surface area contributed by atoms with E-state index in [-0.39, 0.29) is 11.2 Å². The molecule has 114 valence electrons. The highest BCUT2D eigenvalue weighted by Crippen LogP contribution is 2.42. The summed E-state index contributed by atoms with van der Waals surface area (Å²) in [5.74, 6) is 0.238. The first-order valence-electron chi connectivity index (χ1n) is 6.71. The van der Waals surface area contributed by atoms with E-state index in [2.05, 4.69) is 18.8 Å². The summed E-state index contributed by atoms with van der Waals surface area (Å²) in [6.45, 7) is 8.35. The molecule has 0 amide bonds. The van der Waals surface area contributed by atoms with Gasteiger partial charge < -0.3 is 0 Å². The van der Waals surface area contributed by atoms with Crippen LogP contribution < -0.4 is 0 Å². The lowest BCUT2D eigenvalue weighted by atomic mass is 9.78. The molecule has 5 nitrogen and oxygen atoms in total. The molecule has 1 aliphatic heterocycles. The van der Waals surface area contributed by atoms with Crippen LogP contribution in [0.3, 0.4) is 0 Å². The van der Waals surface area contributed by atoms with Crippen LogP contribution >= 0.6 is 0 Å². The quantitative estimate of drug-likeness (QED) is 0.804. The van der Waals surface area contributed by atoms with Crippen molar-refractivity contribution in [2.45, 2.75) is 46.0 Å². The van der Waals surface area contributed by atoms with Crippen molar-refractivity contribution < 1.29 is 17.4 Å². The molecule has 1 heterocycles. The summed E-state index contributed by atoms with van der Waals surface area (Å²) in [5.41, 5.74) is 3.90. The number of fused-ring (bicyclic) bond motifs is 1. The van der Waals surface area contributed by atoms with Crippen LogP contribution in [-0.2, 0) is 16.0 Å². The zero-order chi connectivity index (χ0) is 16.2. The van der Waals surface area contributed by atoms with E-state index in [0.29, 0.717) is 6.42 Å². The Kier molecular flexibility index (Phi) is 5.54. The minimum absolute atomic E-state index is 0.116. The molecule has 0 aliphatic carbocycles. The lowest BCUT2D eigenvalue weighted by molar-refractivity contribution is 0.0980. The third-order valence-electron chi connectivity index (χ3n) is 3.64. The molecule has 0 fully saturated rings. The minimum Gasteiger partial charge on any atom is -0.294 e. The SMILES string of the molecule is CCCC(=O)c1cccc2c1C(C)(C)C(C)=N2.O=S(=O)=O. The number of rotatable bonds is 3. The van der Waals surface area contributed by atoms with Gasteiger partial charge in [0.15, 0.2) is 5.78 Å². The highest BCUT2D eigenvalue weighted by Gasteiger charge is 2.35. The standard InChI is InChI=1S/C15H19NO.O3S/c1-5-7-13(17)11-8-6-9-12-14(11)15(3,4)10(2)16-12;1-4(2)3/h6,8-9H,5,7H2,1-4H3;. The zero-order valence-corrected chi connectivity index (χ0v) is 13.5. The predicted molar refractivity (Wildman–Crippen MR) is 81.2 cm³/mol. The average Bonchev–Trinajstić information content (AvgIpc) is 2.60. The number of nitrogens with zero attached hydrogens (tertiary/aromatic N) is 1. The van der Waals surface area contributed by atoms with Gasteiger partial charge in [-0.3, -0.25) is 9.79 Å². The van der Waals surface area contributed by atoms with Crippen molar-refractivity contribution in [2.75, 3.05) is 0 Å². The van der Waals surface area contributed by atoms with Gasteiger partial charge >= 0.3 is 10.6 Å². The van der Waals surface area contributed by atoms with E-state index in [1.54, 1.807) is 0 Å². The van der Waals surface area contributed by atoms with Crippen LogP contribution in [-0.4, -0.2) is 24.1 Å². The van der Waals surface area contributed by atoms with Gasteiger partial charge in [-0.15, -0.1) is 12.6 Å². The lowest BCUT2D eigenvalue weighted by Crippen LogP contribution is -2.25. The Labute approximate surface area is 126 Å². The summed E-state index contributed by atoms with van der Waals surface area (Å²) in [7, 11) is -3.11. The van der Waals surface area contributed by atoms with Crippen molar-refractivity contribution in [3.05, 3.63) is 29.3 Å². The van der Waals surface area contributed by atoms with E-state index < -0.39 is 10.6 Å². The molecular formula is C15H19NO4S. The number of benzene rings is 1. The van der Waals surface area contributed by atoms with Gasteiger partial charge in [0.25, 0.3) is 0 Å². The maximum Gasteiger partial charge on any atom is 0.425 e. The molecule has 0 bridgehead atoms. The van der Waals surface area contributed by atoms with Crippen LogP contribution in [0, 0.1) is 0 Å². The van der Waals surface area contributed by atoms with Crippen molar-refractivity contribution in [2.24, 2.45) is 4.99 Å². The number of carbonyl (C=O) groups is 1. The van der Waals surface area contributed by atoms with Gasteiger partial charge in [-0.25, -0.2) is 0 Å². The van der Waals surface area contributed by atoms with Crippen LogP contribution in [0.2, 0.25) is 0 Å². The van der Waals surface area contributed by atoms with Crippen LogP contribution in [0.5, 0.6) is 0 Å². The second kappa shape index (κ2) is 6.76. The van der Waals surface area contributed by atoms with Crippen molar-refractivity contribution in [1.29, 1.82) is 0 Å². The van der Waals surface area contributed by atoms with E-state index >= 15 is 0 Å². The molecule has 2 rings (SSSR count). The number of Topliss-reactive ketones (excluding diaryl/α,β-unsaturated/α-hetero) is 1. The molecule has 0 spiro atoms. The molecule has 1 aromatic rings. The lowest BCUT2D eigenvalue weighted by Gasteiger charge is -2.22. The molecule has 1 aromatic carbocycles. The number of hydrogen-bond acceptors (Lipinski definition) is 5. The smallest absolute Gasteiger partial charge is 0.294 e. The Morgan fingerprint density at radius 3 is 2.33 bits per heavy atom.